The number of aromatic nitrogens is 3. The Balaban J connectivity index is 1.91. The van der Waals surface area contributed by atoms with Crippen molar-refractivity contribution in [2.75, 3.05) is 10.6 Å². The van der Waals surface area contributed by atoms with Gasteiger partial charge in [0.25, 0.3) is 0 Å². The van der Waals surface area contributed by atoms with Gasteiger partial charge in [-0.2, -0.15) is 10.4 Å². The molecule has 0 aliphatic heterocycles. The summed E-state index contributed by atoms with van der Waals surface area (Å²) in [5.74, 6) is -0.530. The van der Waals surface area contributed by atoms with Gasteiger partial charge in [-0.25, -0.2) is 14.2 Å². The lowest BCUT2D eigenvalue weighted by atomic mass is 10.0. The lowest BCUT2D eigenvalue weighted by Crippen LogP contribution is -2.44. The minimum absolute atomic E-state index is 0.0479. The Bertz CT molecular complexity index is 1160. The highest BCUT2D eigenvalue weighted by atomic mass is 19.1. The number of hydrogen-bond acceptors (Lipinski definition) is 6. The zero-order valence-corrected chi connectivity index (χ0v) is 18.2. The summed E-state index contributed by atoms with van der Waals surface area (Å²) in [7, 11) is 1.83. The van der Waals surface area contributed by atoms with Gasteiger partial charge in [-0.15, -0.1) is 0 Å². The van der Waals surface area contributed by atoms with Crippen LogP contribution in [0.2, 0.25) is 0 Å². The van der Waals surface area contributed by atoms with Gasteiger partial charge in [-0.1, -0.05) is 19.8 Å². The molecule has 0 radical (unpaired) electrons. The summed E-state index contributed by atoms with van der Waals surface area (Å²) in [6.45, 7) is 3.74. The van der Waals surface area contributed by atoms with E-state index in [0.717, 1.165) is 29.8 Å². The summed E-state index contributed by atoms with van der Waals surface area (Å²) in [6, 6.07) is 7.81. The van der Waals surface area contributed by atoms with E-state index in [4.69, 9.17) is 5.11 Å². The van der Waals surface area contributed by atoms with Crippen LogP contribution in [0, 0.1) is 17.1 Å². The quantitative estimate of drug-likeness (QED) is 0.390. The molecule has 0 bridgehead atoms. The zero-order valence-electron chi connectivity index (χ0n) is 18.2. The van der Waals surface area contributed by atoms with Crippen molar-refractivity contribution in [1.29, 1.82) is 5.26 Å². The Labute approximate surface area is 185 Å². The van der Waals surface area contributed by atoms with Crippen molar-refractivity contribution in [3.05, 3.63) is 41.8 Å². The van der Waals surface area contributed by atoms with Crippen LogP contribution in [0.3, 0.4) is 0 Å². The van der Waals surface area contributed by atoms with Gasteiger partial charge >= 0.3 is 6.09 Å². The molecule has 0 unspecified atom stereocenters. The smallest absolute Gasteiger partial charge is 0.404 e. The topological polar surface area (TPSA) is 128 Å². The molecule has 1 amide bonds. The number of carboxylic acid groups (broad SMARTS) is 1. The number of rotatable bonds is 9. The van der Waals surface area contributed by atoms with Gasteiger partial charge < -0.3 is 21.1 Å². The largest absolute Gasteiger partial charge is 0.465 e. The van der Waals surface area contributed by atoms with Crippen LogP contribution in [0.25, 0.3) is 10.9 Å². The first-order valence-electron chi connectivity index (χ1n) is 10.4. The predicted molar refractivity (Wildman–Crippen MR) is 120 cm³/mol. The molecule has 0 aliphatic carbocycles. The summed E-state index contributed by atoms with van der Waals surface area (Å²) in [4.78, 5) is 15.4. The molecule has 3 aromatic rings. The molecular formula is C22H26FN7O2. The van der Waals surface area contributed by atoms with Gasteiger partial charge in [0.2, 0.25) is 0 Å². The van der Waals surface area contributed by atoms with Gasteiger partial charge in [0, 0.05) is 30.2 Å². The van der Waals surface area contributed by atoms with Crippen LogP contribution in [0.1, 0.15) is 38.7 Å². The lowest BCUT2D eigenvalue weighted by molar-refractivity contribution is 0.189. The molecule has 0 saturated carbocycles. The number of aryl methyl sites for hydroxylation is 1. The number of fused-ring (bicyclic) bond motifs is 1. The van der Waals surface area contributed by atoms with Gasteiger partial charge in [0.05, 0.1) is 17.3 Å². The molecule has 2 aromatic heterocycles. The van der Waals surface area contributed by atoms with E-state index in [2.05, 4.69) is 26.0 Å². The van der Waals surface area contributed by atoms with E-state index in [-0.39, 0.29) is 23.2 Å². The number of nitrogens with one attached hydrogen (secondary N) is 3. The Kier molecular flexibility index (Phi) is 7.10. The number of pyridine rings is 1. The van der Waals surface area contributed by atoms with Gasteiger partial charge in [-0.3, -0.25) is 4.68 Å². The van der Waals surface area contributed by atoms with E-state index >= 15 is 0 Å². The summed E-state index contributed by atoms with van der Waals surface area (Å²) < 4.78 is 16.5. The molecule has 10 heteroatoms. The molecule has 0 spiro atoms. The van der Waals surface area contributed by atoms with Gasteiger partial charge in [-0.05, 0) is 37.6 Å². The molecule has 168 valence electrons. The monoisotopic (exact) mass is 439 g/mol. The number of carbonyl (C=O) groups is 1. The van der Waals surface area contributed by atoms with Crippen molar-refractivity contribution in [2.45, 2.75) is 45.2 Å². The van der Waals surface area contributed by atoms with E-state index in [1.54, 1.807) is 17.8 Å². The SMILES string of the molecule is CCCC[C@H](Nc1nc(Nc2ccc3cnn(C)c3c2)c(C#N)cc1F)[C@H](C)NC(=O)O. The first-order chi connectivity index (χ1) is 15.3. The molecule has 9 nitrogen and oxygen atoms in total. The van der Waals surface area contributed by atoms with Crippen LogP contribution < -0.4 is 16.0 Å². The second kappa shape index (κ2) is 9.96. The van der Waals surface area contributed by atoms with Gasteiger partial charge in [0.1, 0.15) is 6.07 Å². The average Bonchev–Trinajstić information content (AvgIpc) is 3.12. The average molecular weight is 439 g/mol. The van der Waals surface area contributed by atoms with Crippen molar-refractivity contribution in [3.63, 3.8) is 0 Å². The van der Waals surface area contributed by atoms with Gasteiger partial charge in [0.15, 0.2) is 17.5 Å². The van der Waals surface area contributed by atoms with Crippen molar-refractivity contribution in [3.8, 4) is 6.07 Å². The third-order valence-corrected chi connectivity index (χ3v) is 5.25. The Morgan fingerprint density at radius 1 is 1.34 bits per heavy atom. The second-order valence-electron chi connectivity index (χ2n) is 7.62. The maximum absolute atomic E-state index is 14.7. The molecule has 2 heterocycles. The molecule has 3 rings (SSSR count). The van der Waals surface area contributed by atoms with E-state index in [0.29, 0.717) is 12.1 Å². The van der Waals surface area contributed by atoms with Crippen molar-refractivity contribution in [1.82, 2.24) is 20.1 Å². The molecule has 1 aromatic carbocycles. The maximum Gasteiger partial charge on any atom is 0.404 e. The summed E-state index contributed by atoms with van der Waals surface area (Å²) in [5, 5.41) is 32.2. The Morgan fingerprint density at radius 2 is 2.12 bits per heavy atom. The van der Waals surface area contributed by atoms with Crippen LogP contribution in [0.5, 0.6) is 0 Å². The maximum atomic E-state index is 14.7. The molecule has 32 heavy (non-hydrogen) atoms. The minimum Gasteiger partial charge on any atom is -0.465 e. The number of hydrogen-bond donors (Lipinski definition) is 4. The molecule has 0 fully saturated rings. The molecular weight excluding hydrogens is 413 g/mol. The van der Waals surface area contributed by atoms with E-state index in [1.165, 1.54) is 0 Å². The van der Waals surface area contributed by atoms with Crippen LogP contribution in [0.15, 0.2) is 30.5 Å². The second-order valence-corrected chi connectivity index (χ2v) is 7.62. The fourth-order valence-electron chi connectivity index (χ4n) is 3.47. The minimum atomic E-state index is -1.15. The number of benzene rings is 1. The summed E-state index contributed by atoms with van der Waals surface area (Å²) >= 11 is 0. The number of amides is 1. The number of halogens is 1. The first-order valence-corrected chi connectivity index (χ1v) is 10.4. The summed E-state index contributed by atoms with van der Waals surface area (Å²) in [6.07, 6.45) is 2.96. The molecule has 2 atom stereocenters. The normalized spacial score (nSPS) is 12.7. The number of unbranched alkanes of at least 4 members (excludes halogenated alkanes) is 1. The fraction of sp³-hybridized carbons (Fsp3) is 0.364. The highest BCUT2D eigenvalue weighted by molar-refractivity contribution is 5.83. The number of nitrogens with zero attached hydrogens (tertiary/aromatic N) is 4. The van der Waals surface area contributed by atoms with E-state index in [1.807, 2.05) is 38.2 Å². The van der Waals surface area contributed by atoms with E-state index in [9.17, 15) is 14.4 Å². The Morgan fingerprint density at radius 3 is 2.81 bits per heavy atom. The third kappa shape index (κ3) is 5.24. The first kappa shape index (κ1) is 22.8. The zero-order chi connectivity index (χ0) is 23.3. The van der Waals surface area contributed by atoms with Crippen molar-refractivity contribution < 1.29 is 14.3 Å². The highest BCUT2D eigenvalue weighted by Crippen LogP contribution is 2.26. The number of nitriles is 1. The van der Waals surface area contributed by atoms with Crippen LogP contribution in [-0.2, 0) is 7.05 Å². The van der Waals surface area contributed by atoms with Crippen LogP contribution >= 0.6 is 0 Å². The van der Waals surface area contributed by atoms with Crippen molar-refractivity contribution >= 4 is 34.3 Å². The molecule has 4 N–H and O–H groups in total. The Hall–Kier alpha value is -3.87. The third-order valence-electron chi connectivity index (χ3n) is 5.25. The lowest BCUT2D eigenvalue weighted by Gasteiger charge is -2.26. The fourth-order valence-corrected chi connectivity index (χ4v) is 3.47. The van der Waals surface area contributed by atoms with E-state index < -0.39 is 18.0 Å². The summed E-state index contributed by atoms with van der Waals surface area (Å²) in [5.41, 5.74) is 1.62. The molecule has 0 saturated heterocycles. The number of anilines is 3. The van der Waals surface area contributed by atoms with Crippen LogP contribution in [-0.4, -0.2) is 38.0 Å². The predicted octanol–water partition coefficient (Wildman–Crippen LogP) is 4.35. The van der Waals surface area contributed by atoms with Crippen molar-refractivity contribution in [2.24, 2.45) is 7.05 Å². The van der Waals surface area contributed by atoms with Crippen LogP contribution in [0.4, 0.5) is 26.5 Å². The highest BCUT2D eigenvalue weighted by Gasteiger charge is 2.22. The molecule has 0 aliphatic rings. The standard InChI is InChI=1S/C22H26FN7O2/c1-4-5-6-18(13(2)26-22(31)32)28-21-17(23)9-15(11-24)20(29-21)27-16-8-7-14-12-25-30(3)19(14)10-16/h7-10,12-13,18,26H,4-6H2,1-3H3,(H,31,32)(H2,27,28,29)/t13-,18-/m0/s1.